The van der Waals surface area contributed by atoms with E-state index in [1.54, 1.807) is 6.08 Å². The summed E-state index contributed by atoms with van der Waals surface area (Å²) < 4.78 is 0. The highest BCUT2D eigenvalue weighted by Crippen LogP contribution is 1.64. The molecule has 0 atom stereocenters. The third-order valence-electron chi connectivity index (χ3n) is 0.594. The highest BCUT2D eigenvalue weighted by atomic mass is 16.2. The standard InChI is InChI=1S/C5H11NO/c1-6-4-2-3-5-7/h2-3,6-7H,4-5H2,1H3/b3-2-. The fourth-order valence-electron chi connectivity index (χ4n) is 0.276. The molecular weight excluding hydrogens is 90.1 g/mol. The second-order valence-corrected chi connectivity index (χ2v) is 1.21. The van der Waals surface area contributed by atoms with Crippen molar-refractivity contribution < 1.29 is 5.11 Å². The van der Waals surface area contributed by atoms with E-state index in [9.17, 15) is 0 Å². The van der Waals surface area contributed by atoms with Gasteiger partial charge in [-0.15, -0.1) is 0 Å². The minimum absolute atomic E-state index is 0.141. The summed E-state index contributed by atoms with van der Waals surface area (Å²) >= 11 is 0. The van der Waals surface area contributed by atoms with Crippen LogP contribution >= 0.6 is 0 Å². The summed E-state index contributed by atoms with van der Waals surface area (Å²) in [5.41, 5.74) is 0. The minimum Gasteiger partial charge on any atom is -0.392 e. The number of hydrogen-bond donors (Lipinski definition) is 2. The summed E-state index contributed by atoms with van der Waals surface area (Å²) in [6.07, 6.45) is 3.58. The van der Waals surface area contributed by atoms with Crippen LogP contribution in [0.1, 0.15) is 0 Å². The normalized spacial score (nSPS) is 10.6. The molecule has 0 radical (unpaired) electrons. The maximum Gasteiger partial charge on any atom is 0.0612 e. The molecule has 2 nitrogen and oxygen atoms in total. The lowest BCUT2D eigenvalue weighted by molar-refractivity contribution is 0.342. The molecule has 42 valence electrons. The minimum atomic E-state index is 0.141. The topological polar surface area (TPSA) is 32.3 Å². The molecule has 0 aromatic carbocycles. The van der Waals surface area contributed by atoms with E-state index in [-0.39, 0.29) is 6.61 Å². The lowest BCUT2D eigenvalue weighted by Gasteiger charge is -1.83. The van der Waals surface area contributed by atoms with Crippen molar-refractivity contribution in [3.8, 4) is 0 Å². The highest BCUT2D eigenvalue weighted by Gasteiger charge is 1.65. The first-order valence-electron chi connectivity index (χ1n) is 2.32. The van der Waals surface area contributed by atoms with Gasteiger partial charge in [-0.25, -0.2) is 0 Å². The van der Waals surface area contributed by atoms with Gasteiger partial charge in [0.2, 0.25) is 0 Å². The molecule has 0 fully saturated rings. The Kier molecular flexibility index (Phi) is 5.39. The quantitative estimate of drug-likeness (QED) is 0.481. The Morgan fingerprint density at radius 1 is 1.57 bits per heavy atom. The molecule has 0 heterocycles. The summed E-state index contributed by atoms with van der Waals surface area (Å²) in [6.45, 7) is 0.974. The average molecular weight is 101 g/mol. The van der Waals surface area contributed by atoms with Gasteiger partial charge in [-0.2, -0.15) is 0 Å². The maximum atomic E-state index is 8.18. The molecule has 0 bridgehead atoms. The Morgan fingerprint density at radius 2 is 2.29 bits per heavy atom. The zero-order chi connectivity index (χ0) is 5.54. The van der Waals surface area contributed by atoms with Crippen LogP contribution in [0.25, 0.3) is 0 Å². The van der Waals surface area contributed by atoms with Gasteiger partial charge in [-0.3, -0.25) is 0 Å². The van der Waals surface area contributed by atoms with Crippen LogP contribution in [0.2, 0.25) is 0 Å². The van der Waals surface area contributed by atoms with E-state index in [1.165, 1.54) is 0 Å². The average Bonchev–Trinajstić information content (AvgIpc) is 1.69. The molecule has 0 aliphatic heterocycles. The van der Waals surface area contributed by atoms with Gasteiger partial charge in [-0.05, 0) is 7.05 Å². The highest BCUT2D eigenvalue weighted by molar-refractivity contribution is 4.81. The van der Waals surface area contributed by atoms with Crippen molar-refractivity contribution in [1.29, 1.82) is 0 Å². The van der Waals surface area contributed by atoms with E-state index < -0.39 is 0 Å². The molecule has 2 N–H and O–H groups in total. The monoisotopic (exact) mass is 101 g/mol. The van der Waals surface area contributed by atoms with Crippen LogP contribution in [0, 0.1) is 0 Å². The van der Waals surface area contributed by atoms with E-state index in [1.807, 2.05) is 13.1 Å². The Hall–Kier alpha value is -0.340. The van der Waals surface area contributed by atoms with Crippen LogP contribution in [0.5, 0.6) is 0 Å². The van der Waals surface area contributed by atoms with Crippen LogP contribution in [0.15, 0.2) is 12.2 Å². The third-order valence-corrected chi connectivity index (χ3v) is 0.594. The molecule has 0 saturated heterocycles. The Bertz CT molecular complexity index is 52.0. The van der Waals surface area contributed by atoms with Crippen LogP contribution in [-0.4, -0.2) is 25.3 Å². The van der Waals surface area contributed by atoms with Crippen LogP contribution in [0.4, 0.5) is 0 Å². The van der Waals surface area contributed by atoms with E-state index in [0.717, 1.165) is 6.54 Å². The summed E-state index contributed by atoms with van der Waals surface area (Å²) in [5.74, 6) is 0. The number of aliphatic hydroxyl groups is 1. The Morgan fingerprint density at radius 3 is 2.71 bits per heavy atom. The van der Waals surface area contributed by atoms with Crippen LogP contribution < -0.4 is 5.32 Å². The first-order valence-corrected chi connectivity index (χ1v) is 2.32. The summed E-state index contributed by atoms with van der Waals surface area (Å²) in [6, 6.07) is 0. The second-order valence-electron chi connectivity index (χ2n) is 1.21. The van der Waals surface area contributed by atoms with Gasteiger partial charge in [0.1, 0.15) is 0 Å². The Balaban J connectivity index is 2.78. The van der Waals surface area contributed by atoms with Gasteiger partial charge in [0.15, 0.2) is 0 Å². The largest absolute Gasteiger partial charge is 0.392 e. The van der Waals surface area contributed by atoms with Gasteiger partial charge >= 0.3 is 0 Å². The summed E-state index contributed by atoms with van der Waals surface area (Å²) in [4.78, 5) is 0. The lowest BCUT2D eigenvalue weighted by Crippen LogP contribution is -2.03. The molecule has 0 aromatic heterocycles. The lowest BCUT2D eigenvalue weighted by atomic mass is 10.5. The third kappa shape index (κ3) is 5.66. The fraction of sp³-hybridized carbons (Fsp3) is 0.600. The SMILES string of the molecule is CNC/C=C\CO. The second kappa shape index (κ2) is 5.66. The van der Waals surface area contributed by atoms with Gasteiger partial charge in [0.05, 0.1) is 6.61 Å². The molecule has 0 amide bonds. The van der Waals surface area contributed by atoms with Gasteiger partial charge in [0, 0.05) is 6.54 Å². The molecule has 7 heavy (non-hydrogen) atoms. The van der Waals surface area contributed by atoms with E-state index in [2.05, 4.69) is 5.32 Å². The van der Waals surface area contributed by atoms with Crippen molar-refractivity contribution in [3.05, 3.63) is 12.2 Å². The molecule has 2 heteroatoms. The maximum absolute atomic E-state index is 8.18. The predicted molar refractivity (Wildman–Crippen MR) is 30.2 cm³/mol. The zero-order valence-electron chi connectivity index (χ0n) is 4.52. The first kappa shape index (κ1) is 6.66. The molecule has 0 spiro atoms. The Labute approximate surface area is 43.9 Å². The first-order chi connectivity index (χ1) is 3.41. The molecule has 0 aromatic rings. The van der Waals surface area contributed by atoms with Crippen LogP contribution in [0.3, 0.4) is 0 Å². The zero-order valence-corrected chi connectivity index (χ0v) is 4.52. The van der Waals surface area contributed by atoms with Crippen molar-refractivity contribution in [2.24, 2.45) is 0 Å². The number of rotatable bonds is 3. The molecule has 0 saturated carbocycles. The predicted octanol–water partition coefficient (Wildman–Crippen LogP) is -0.246. The molecule has 0 rings (SSSR count). The molecule has 0 aliphatic carbocycles. The molecule has 0 unspecified atom stereocenters. The number of nitrogens with one attached hydrogen (secondary N) is 1. The van der Waals surface area contributed by atoms with Crippen molar-refractivity contribution in [1.82, 2.24) is 5.32 Å². The molecular formula is C5H11NO. The number of likely N-dealkylation sites (N-methyl/N-ethyl adjacent to an activating group) is 1. The van der Waals surface area contributed by atoms with Gasteiger partial charge in [-0.1, -0.05) is 12.2 Å². The number of aliphatic hydroxyl groups excluding tert-OH is 1. The van der Waals surface area contributed by atoms with Crippen molar-refractivity contribution >= 4 is 0 Å². The summed E-state index contributed by atoms with van der Waals surface area (Å²) in [7, 11) is 1.86. The van der Waals surface area contributed by atoms with Gasteiger partial charge < -0.3 is 10.4 Å². The molecule has 0 aliphatic rings. The van der Waals surface area contributed by atoms with Crippen molar-refractivity contribution in [2.75, 3.05) is 20.2 Å². The van der Waals surface area contributed by atoms with Crippen molar-refractivity contribution in [2.45, 2.75) is 0 Å². The number of hydrogen-bond acceptors (Lipinski definition) is 2. The van der Waals surface area contributed by atoms with Crippen LogP contribution in [-0.2, 0) is 0 Å². The van der Waals surface area contributed by atoms with E-state index in [4.69, 9.17) is 5.11 Å². The van der Waals surface area contributed by atoms with Gasteiger partial charge in [0.25, 0.3) is 0 Å². The van der Waals surface area contributed by atoms with E-state index >= 15 is 0 Å². The summed E-state index contributed by atoms with van der Waals surface area (Å²) in [5, 5.41) is 11.1. The fourth-order valence-corrected chi connectivity index (χ4v) is 0.276. The van der Waals surface area contributed by atoms with Crippen molar-refractivity contribution in [3.63, 3.8) is 0 Å². The smallest absolute Gasteiger partial charge is 0.0612 e. The van der Waals surface area contributed by atoms with E-state index in [0.29, 0.717) is 0 Å².